The number of nitrogens with zero attached hydrogens (tertiary/aromatic N) is 3. The zero-order valence-electron chi connectivity index (χ0n) is 16.9. The molecule has 0 bridgehead atoms. The second-order valence-corrected chi connectivity index (χ2v) is 8.95. The lowest BCUT2D eigenvalue weighted by Crippen LogP contribution is -2.14. The Morgan fingerprint density at radius 3 is 2.77 bits per heavy atom. The van der Waals surface area contributed by atoms with Crippen LogP contribution in [0.2, 0.25) is 0 Å². The molecule has 0 unspecified atom stereocenters. The first-order chi connectivity index (χ1) is 15.1. The van der Waals surface area contributed by atoms with Gasteiger partial charge in [0.05, 0.1) is 36.8 Å². The summed E-state index contributed by atoms with van der Waals surface area (Å²) in [6, 6.07) is 7.58. The van der Waals surface area contributed by atoms with E-state index in [1.807, 2.05) is 31.2 Å². The molecule has 0 aliphatic carbocycles. The summed E-state index contributed by atoms with van der Waals surface area (Å²) in [4.78, 5) is 27.9. The van der Waals surface area contributed by atoms with E-state index in [1.165, 1.54) is 34.4 Å². The topological polar surface area (TPSA) is 115 Å². The van der Waals surface area contributed by atoms with Gasteiger partial charge < -0.3 is 20.1 Å². The quantitative estimate of drug-likeness (QED) is 0.311. The van der Waals surface area contributed by atoms with E-state index in [1.54, 1.807) is 12.3 Å². The van der Waals surface area contributed by atoms with Crippen molar-refractivity contribution in [1.82, 2.24) is 15.2 Å². The third-order valence-electron chi connectivity index (χ3n) is 3.59. The molecule has 0 aliphatic rings. The SMILES string of the molecule is CCOC(=O)Cc1csc(NC(=O)CSc2nnc(Nc3ccccc3OCC)s2)n1. The molecule has 0 radical (unpaired) electrons. The molecule has 0 saturated carbocycles. The minimum absolute atomic E-state index is 0.0853. The van der Waals surface area contributed by atoms with E-state index in [0.717, 1.165) is 11.4 Å². The average Bonchev–Trinajstić information content (AvgIpc) is 3.37. The Morgan fingerprint density at radius 1 is 1.13 bits per heavy atom. The normalized spacial score (nSPS) is 10.5. The number of hydrogen-bond acceptors (Lipinski definition) is 11. The number of benzene rings is 1. The fourth-order valence-electron chi connectivity index (χ4n) is 2.37. The lowest BCUT2D eigenvalue weighted by molar-refractivity contribution is -0.142. The summed E-state index contributed by atoms with van der Waals surface area (Å²) < 4.78 is 11.1. The number of carbonyl (C=O) groups excluding carboxylic acids is 2. The second kappa shape index (κ2) is 11.6. The highest BCUT2D eigenvalue weighted by Crippen LogP contribution is 2.31. The number of anilines is 3. The van der Waals surface area contributed by atoms with Crippen LogP contribution in [0.15, 0.2) is 34.0 Å². The van der Waals surface area contributed by atoms with Crippen LogP contribution >= 0.6 is 34.4 Å². The molecule has 1 aromatic carbocycles. The van der Waals surface area contributed by atoms with E-state index in [2.05, 4.69) is 25.8 Å². The molecule has 0 atom stereocenters. The molecule has 12 heteroatoms. The predicted molar refractivity (Wildman–Crippen MR) is 123 cm³/mol. The molecule has 164 valence electrons. The van der Waals surface area contributed by atoms with Crippen LogP contribution in [0.1, 0.15) is 19.5 Å². The first-order valence-corrected chi connectivity index (χ1v) is 12.1. The molecule has 0 saturated heterocycles. The van der Waals surface area contributed by atoms with Gasteiger partial charge >= 0.3 is 5.97 Å². The van der Waals surface area contributed by atoms with Crippen LogP contribution in [0.25, 0.3) is 0 Å². The predicted octanol–water partition coefficient (Wildman–Crippen LogP) is 3.97. The van der Waals surface area contributed by atoms with Gasteiger partial charge in [-0.3, -0.25) is 9.59 Å². The van der Waals surface area contributed by atoms with Gasteiger partial charge in [0.2, 0.25) is 11.0 Å². The summed E-state index contributed by atoms with van der Waals surface area (Å²) in [5.74, 6) is 0.343. The van der Waals surface area contributed by atoms with Gasteiger partial charge in [0.15, 0.2) is 9.47 Å². The van der Waals surface area contributed by atoms with Crippen molar-refractivity contribution in [2.45, 2.75) is 24.6 Å². The molecule has 9 nitrogen and oxygen atoms in total. The van der Waals surface area contributed by atoms with Gasteiger partial charge in [-0.1, -0.05) is 35.2 Å². The summed E-state index contributed by atoms with van der Waals surface area (Å²) in [6.07, 6.45) is 0.0853. The van der Waals surface area contributed by atoms with Crippen LogP contribution in [0, 0.1) is 0 Å². The average molecular weight is 480 g/mol. The molecular formula is C19H21N5O4S3. The van der Waals surface area contributed by atoms with Crippen molar-refractivity contribution in [2.24, 2.45) is 0 Å². The number of amides is 1. The lowest BCUT2D eigenvalue weighted by atomic mass is 10.3. The maximum absolute atomic E-state index is 12.2. The Labute approximate surface area is 191 Å². The van der Waals surface area contributed by atoms with Crippen molar-refractivity contribution in [3.63, 3.8) is 0 Å². The zero-order valence-corrected chi connectivity index (χ0v) is 19.4. The van der Waals surface area contributed by atoms with Gasteiger partial charge in [-0.2, -0.15) is 0 Å². The van der Waals surface area contributed by atoms with Gasteiger partial charge in [-0.05, 0) is 26.0 Å². The number of thioether (sulfide) groups is 1. The van der Waals surface area contributed by atoms with E-state index in [9.17, 15) is 9.59 Å². The Morgan fingerprint density at radius 2 is 1.97 bits per heavy atom. The van der Waals surface area contributed by atoms with Crippen LogP contribution in [0.4, 0.5) is 16.0 Å². The van der Waals surface area contributed by atoms with E-state index in [-0.39, 0.29) is 24.1 Å². The highest BCUT2D eigenvalue weighted by Gasteiger charge is 2.13. The fourth-order valence-corrected chi connectivity index (χ4v) is 4.66. The molecule has 0 spiro atoms. The van der Waals surface area contributed by atoms with Gasteiger partial charge in [0.1, 0.15) is 5.75 Å². The molecular weight excluding hydrogens is 458 g/mol. The molecule has 0 aliphatic heterocycles. The number of thiazole rings is 1. The van der Waals surface area contributed by atoms with Gasteiger partial charge in [-0.15, -0.1) is 21.5 Å². The molecule has 2 heterocycles. The number of esters is 1. The third-order valence-corrected chi connectivity index (χ3v) is 6.37. The van der Waals surface area contributed by atoms with E-state index in [0.29, 0.717) is 33.5 Å². The summed E-state index contributed by atoms with van der Waals surface area (Å²) in [5, 5.41) is 16.9. The molecule has 1 amide bonds. The van der Waals surface area contributed by atoms with Gasteiger partial charge in [0.25, 0.3) is 0 Å². The van der Waals surface area contributed by atoms with Crippen molar-refractivity contribution in [2.75, 3.05) is 29.6 Å². The second-order valence-electron chi connectivity index (χ2n) is 5.89. The summed E-state index contributed by atoms with van der Waals surface area (Å²) in [5.41, 5.74) is 1.37. The zero-order chi connectivity index (χ0) is 22.1. The highest BCUT2D eigenvalue weighted by molar-refractivity contribution is 8.01. The van der Waals surface area contributed by atoms with Crippen molar-refractivity contribution in [1.29, 1.82) is 0 Å². The minimum Gasteiger partial charge on any atom is -0.492 e. The summed E-state index contributed by atoms with van der Waals surface area (Å²) >= 11 is 3.89. The Kier molecular flexibility index (Phi) is 8.62. The number of rotatable bonds is 11. The van der Waals surface area contributed by atoms with Crippen molar-refractivity contribution in [3.8, 4) is 5.75 Å². The summed E-state index contributed by atoms with van der Waals surface area (Å²) in [6.45, 7) is 4.56. The molecule has 2 N–H and O–H groups in total. The first-order valence-electron chi connectivity index (χ1n) is 9.42. The van der Waals surface area contributed by atoms with Crippen LogP contribution in [0.5, 0.6) is 5.75 Å². The van der Waals surface area contributed by atoms with E-state index < -0.39 is 0 Å². The lowest BCUT2D eigenvalue weighted by Gasteiger charge is -2.09. The number of para-hydroxylation sites is 2. The van der Waals surface area contributed by atoms with Crippen molar-refractivity contribution < 1.29 is 19.1 Å². The van der Waals surface area contributed by atoms with Gasteiger partial charge in [0, 0.05) is 5.38 Å². The first kappa shape index (κ1) is 23.0. The number of nitrogens with one attached hydrogen (secondary N) is 2. The van der Waals surface area contributed by atoms with Crippen molar-refractivity contribution >= 4 is 62.3 Å². The number of ether oxygens (including phenoxy) is 2. The van der Waals surface area contributed by atoms with Crippen LogP contribution < -0.4 is 15.4 Å². The largest absolute Gasteiger partial charge is 0.492 e. The number of aromatic nitrogens is 3. The van der Waals surface area contributed by atoms with E-state index >= 15 is 0 Å². The number of hydrogen-bond donors (Lipinski definition) is 2. The molecule has 2 aromatic heterocycles. The van der Waals surface area contributed by atoms with Gasteiger partial charge in [-0.25, -0.2) is 4.98 Å². The molecule has 3 aromatic rings. The Bertz CT molecular complexity index is 1020. The molecule has 3 rings (SSSR count). The van der Waals surface area contributed by atoms with Crippen LogP contribution in [-0.2, 0) is 20.7 Å². The smallest absolute Gasteiger partial charge is 0.311 e. The van der Waals surface area contributed by atoms with Crippen LogP contribution in [-0.4, -0.2) is 46.0 Å². The molecule has 31 heavy (non-hydrogen) atoms. The maximum atomic E-state index is 12.2. The van der Waals surface area contributed by atoms with E-state index in [4.69, 9.17) is 9.47 Å². The Hall–Kier alpha value is -2.70. The minimum atomic E-state index is -0.342. The Balaban J connectivity index is 1.48. The summed E-state index contributed by atoms with van der Waals surface area (Å²) in [7, 11) is 0. The third kappa shape index (κ3) is 7.19. The highest BCUT2D eigenvalue weighted by atomic mass is 32.2. The maximum Gasteiger partial charge on any atom is 0.311 e. The van der Waals surface area contributed by atoms with Crippen LogP contribution in [0.3, 0.4) is 0 Å². The van der Waals surface area contributed by atoms with Crippen molar-refractivity contribution in [3.05, 3.63) is 35.3 Å². The monoisotopic (exact) mass is 479 g/mol. The molecule has 0 fully saturated rings. The number of carbonyl (C=O) groups is 2. The standard InChI is InChI=1S/C19H21N5O4S3/c1-3-27-14-8-6-5-7-13(14)21-18-23-24-19(31-18)30-11-15(25)22-17-20-12(10-29-17)9-16(26)28-4-2/h5-8,10H,3-4,9,11H2,1-2H3,(H,21,23)(H,20,22,25). The fraction of sp³-hybridized carbons (Fsp3) is 0.316.